The van der Waals surface area contributed by atoms with E-state index in [4.69, 9.17) is 14.7 Å². The third-order valence-corrected chi connectivity index (χ3v) is 5.42. The molecule has 3 rings (SSSR count). The fraction of sp³-hybridized carbons (Fsp3) is 0.174. The standard InChI is InChI=1S/C13H11NO5S.C10H13NO2/c1-10-6-8-11(9-7-10)20(17,18)19-13-5-3-2-4-12(13)14(15)16;1-8(11)10(12)13-7-9-5-3-2-4-6-9/h2-9H,1H3;2-6,8H,7,11H2,1H3/t;8-/m.0/s1. The fourth-order valence-electron chi connectivity index (χ4n) is 2.41. The summed E-state index contributed by atoms with van der Waals surface area (Å²) in [6, 6.07) is 20.3. The molecule has 0 aromatic heterocycles. The zero-order valence-electron chi connectivity index (χ0n) is 18.1. The van der Waals surface area contributed by atoms with E-state index in [1.54, 1.807) is 19.1 Å². The van der Waals surface area contributed by atoms with Crippen LogP contribution in [0.2, 0.25) is 0 Å². The van der Waals surface area contributed by atoms with Crippen LogP contribution in [-0.2, 0) is 26.3 Å². The molecule has 0 aliphatic carbocycles. The smallest absolute Gasteiger partial charge is 0.339 e. The van der Waals surface area contributed by atoms with Gasteiger partial charge in [-0.1, -0.05) is 60.2 Å². The lowest BCUT2D eigenvalue weighted by Crippen LogP contribution is -2.28. The third-order valence-electron chi connectivity index (χ3n) is 4.17. The number of carbonyl (C=O) groups is 1. The van der Waals surface area contributed by atoms with E-state index in [0.717, 1.165) is 11.1 Å². The summed E-state index contributed by atoms with van der Waals surface area (Å²) in [5.41, 5.74) is 6.79. The largest absolute Gasteiger partial charge is 0.460 e. The Hall–Kier alpha value is -3.76. The maximum Gasteiger partial charge on any atom is 0.339 e. The van der Waals surface area contributed by atoms with Gasteiger partial charge in [-0.15, -0.1) is 0 Å². The first kappa shape index (κ1) is 25.5. The van der Waals surface area contributed by atoms with Crippen molar-refractivity contribution >= 4 is 21.8 Å². The van der Waals surface area contributed by atoms with Gasteiger partial charge in [-0.3, -0.25) is 14.9 Å². The Labute approximate surface area is 192 Å². The van der Waals surface area contributed by atoms with Crippen LogP contribution in [0.1, 0.15) is 18.1 Å². The molecule has 0 saturated heterocycles. The Balaban J connectivity index is 0.000000257. The minimum atomic E-state index is -4.09. The number of ether oxygens (including phenoxy) is 1. The van der Waals surface area contributed by atoms with Gasteiger partial charge in [0.15, 0.2) is 0 Å². The summed E-state index contributed by atoms with van der Waals surface area (Å²) in [7, 11) is -4.09. The lowest BCUT2D eigenvalue weighted by atomic mass is 10.2. The highest BCUT2D eigenvalue weighted by molar-refractivity contribution is 7.87. The number of nitrogens with two attached hydrogens (primary N) is 1. The SMILES string of the molecule is C[C@H](N)C(=O)OCc1ccccc1.Cc1ccc(S(=O)(=O)Oc2ccccc2[N+](=O)[O-])cc1. The van der Waals surface area contributed by atoms with E-state index in [2.05, 4.69) is 0 Å². The molecular formula is C23H24N2O7S. The lowest BCUT2D eigenvalue weighted by Gasteiger charge is -2.07. The average Bonchev–Trinajstić information content (AvgIpc) is 2.78. The number of nitrogens with zero attached hydrogens (tertiary/aromatic N) is 1. The molecule has 0 aliphatic rings. The fourth-order valence-corrected chi connectivity index (χ4v) is 3.35. The van der Waals surface area contributed by atoms with Gasteiger partial charge in [0.05, 0.1) is 4.92 Å². The van der Waals surface area contributed by atoms with Crippen molar-refractivity contribution in [2.24, 2.45) is 5.73 Å². The Morgan fingerprint density at radius 3 is 2.15 bits per heavy atom. The van der Waals surface area contributed by atoms with Crippen LogP contribution in [0, 0.1) is 17.0 Å². The van der Waals surface area contributed by atoms with Gasteiger partial charge in [-0.2, -0.15) is 8.42 Å². The van der Waals surface area contributed by atoms with Crippen molar-refractivity contribution in [2.75, 3.05) is 0 Å². The highest BCUT2D eigenvalue weighted by atomic mass is 32.2. The summed E-state index contributed by atoms with van der Waals surface area (Å²) in [5.74, 6) is -0.679. The van der Waals surface area contributed by atoms with Gasteiger partial charge >= 0.3 is 21.8 Å². The first-order valence-electron chi connectivity index (χ1n) is 9.81. The van der Waals surface area contributed by atoms with E-state index in [9.17, 15) is 23.3 Å². The summed E-state index contributed by atoms with van der Waals surface area (Å²) in [6.45, 7) is 3.72. The normalized spacial score (nSPS) is 11.5. The predicted octanol–water partition coefficient (Wildman–Crippen LogP) is 3.75. The molecule has 0 radical (unpaired) electrons. The van der Waals surface area contributed by atoms with E-state index in [-0.39, 0.29) is 16.6 Å². The molecule has 2 N–H and O–H groups in total. The van der Waals surface area contributed by atoms with E-state index >= 15 is 0 Å². The minimum absolute atomic E-state index is 0.0544. The van der Waals surface area contributed by atoms with Crippen LogP contribution in [0.3, 0.4) is 0 Å². The predicted molar refractivity (Wildman–Crippen MR) is 122 cm³/mol. The molecule has 33 heavy (non-hydrogen) atoms. The summed E-state index contributed by atoms with van der Waals surface area (Å²) in [6.07, 6.45) is 0. The second kappa shape index (κ2) is 11.7. The van der Waals surface area contributed by atoms with Crippen LogP contribution in [0.4, 0.5) is 5.69 Å². The Kier molecular flexibility index (Phi) is 9.08. The van der Waals surface area contributed by atoms with Gasteiger partial charge in [-0.25, -0.2) is 0 Å². The summed E-state index contributed by atoms with van der Waals surface area (Å²) in [4.78, 5) is 21.0. The van der Waals surface area contributed by atoms with Crippen LogP contribution in [-0.4, -0.2) is 25.4 Å². The zero-order chi connectivity index (χ0) is 24.4. The van der Waals surface area contributed by atoms with Crippen LogP contribution in [0.15, 0.2) is 83.8 Å². The number of para-hydroxylation sites is 2. The molecule has 0 saturated carbocycles. The van der Waals surface area contributed by atoms with Crippen molar-refractivity contribution in [2.45, 2.75) is 31.4 Å². The maximum atomic E-state index is 12.0. The molecule has 0 heterocycles. The quantitative estimate of drug-likeness (QED) is 0.237. The van der Waals surface area contributed by atoms with Gasteiger partial charge in [0.1, 0.15) is 17.5 Å². The topological polar surface area (TPSA) is 139 Å². The monoisotopic (exact) mass is 472 g/mol. The molecule has 0 spiro atoms. The number of carbonyl (C=O) groups excluding carboxylic acids is 1. The van der Waals surface area contributed by atoms with E-state index < -0.39 is 26.8 Å². The molecular weight excluding hydrogens is 448 g/mol. The first-order valence-corrected chi connectivity index (χ1v) is 11.2. The van der Waals surface area contributed by atoms with Crippen LogP contribution in [0.5, 0.6) is 5.75 Å². The Morgan fingerprint density at radius 1 is 1.00 bits per heavy atom. The molecule has 1 atom stereocenters. The third kappa shape index (κ3) is 8.02. The number of hydrogen-bond donors (Lipinski definition) is 1. The number of rotatable bonds is 7. The molecule has 0 amide bonds. The van der Waals surface area contributed by atoms with Gasteiger partial charge in [0.25, 0.3) is 0 Å². The maximum absolute atomic E-state index is 12.0. The van der Waals surface area contributed by atoms with Crippen molar-refractivity contribution in [3.05, 3.63) is 100 Å². The summed E-state index contributed by atoms with van der Waals surface area (Å²) in [5, 5.41) is 10.8. The minimum Gasteiger partial charge on any atom is -0.460 e. The molecule has 9 nitrogen and oxygen atoms in total. The number of nitro benzene ring substituents is 1. The van der Waals surface area contributed by atoms with E-state index in [1.807, 2.05) is 37.3 Å². The number of esters is 1. The molecule has 3 aromatic carbocycles. The van der Waals surface area contributed by atoms with E-state index in [1.165, 1.54) is 36.4 Å². The number of benzene rings is 3. The highest BCUT2D eigenvalue weighted by Gasteiger charge is 2.22. The van der Waals surface area contributed by atoms with Gasteiger partial charge in [-0.05, 0) is 37.6 Å². The van der Waals surface area contributed by atoms with Crippen LogP contribution < -0.4 is 9.92 Å². The molecule has 0 aliphatic heterocycles. The Morgan fingerprint density at radius 2 is 1.58 bits per heavy atom. The van der Waals surface area contributed by atoms with Crippen molar-refractivity contribution in [3.63, 3.8) is 0 Å². The van der Waals surface area contributed by atoms with Gasteiger partial charge < -0.3 is 14.7 Å². The zero-order valence-corrected chi connectivity index (χ0v) is 18.9. The second-order valence-electron chi connectivity index (χ2n) is 6.96. The van der Waals surface area contributed by atoms with Crippen LogP contribution >= 0.6 is 0 Å². The molecule has 0 fully saturated rings. The molecule has 174 valence electrons. The van der Waals surface area contributed by atoms with Crippen molar-refractivity contribution in [3.8, 4) is 5.75 Å². The van der Waals surface area contributed by atoms with Crippen molar-refractivity contribution in [1.82, 2.24) is 0 Å². The highest BCUT2D eigenvalue weighted by Crippen LogP contribution is 2.29. The van der Waals surface area contributed by atoms with Crippen LogP contribution in [0.25, 0.3) is 0 Å². The lowest BCUT2D eigenvalue weighted by molar-refractivity contribution is -0.385. The number of nitro groups is 1. The Bertz CT molecular complexity index is 1180. The second-order valence-corrected chi connectivity index (χ2v) is 8.50. The molecule has 0 unspecified atom stereocenters. The average molecular weight is 473 g/mol. The number of aryl methyl sites for hydroxylation is 1. The first-order chi connectivity index (χ1) is 15.6. The van der Waals surface area contributed by atoms with Gasteiger partial charge in [0.2, 0.25) is 5.75 Å². The molecule has 3 aromatic rings. The summed E-state index contributed by atoms with van der Waals surface area (Å²) >= 11 is 0. The van der Waals surface area contributed by atoms with Crippen molar-refractivity contribution in [1.29, 1.82) is 0 Å². The molecule has 0 bridgehead atoms. The molecule has 10 heteroatoms. The van der Waals surface area contributed by atoms with E-state index in [0.29, 0.717) is 6.61 Å². The summed E-state index contributed by atoms with van der Waals surface area (Å²) < 4.78 is 33.9. The van der Waals surface area contributed by atoms with Crippen molar-refractivity contribution < 1.29 is 27.1 Å². The van der Waals surface area contributed by atoms with Gasteiger partial charge in [0, 0.05) is 6.07 Å². The number of hydrogen-bond acceptors (Lipinski definition) is 8.